The number of amides is 2. The molecule has 0 saturated heterocycles. The molecule has 11 heteroatoms. The smallest absolute Gasteiger partial charge is 0.272 e. The Morgan fingerprint density at radius 3 is 2.40 bits per heavy atom. The lowest BCUT2D eigenvalue weighted by Gasteiger charge is -2.12. The van der Waals surface area contributed by atoms with Crippen LogP contribution in [0.15, 0.2) is 63.0 Å². The van der Waals surface area contributed by atoms with Crippen molar-refractivity contribution in [2.45, 2.75) is 16.4 Å². The van der Waals surface area contributed by atoms with Crippen LogP contribution in [-0.2, 0) is 16.4 Å². The number of benzene rings is 2. The van der Waals surface area contributed by atoms with Gasteiger partial charge in [-0.1, -0.05) is 0 Å². The van der Waals surface area contributed by atoms with Gasteiger partial charge in [-0.05, 0) is 53.4 Å². The number of rotatable bonds is 5. The summed E-state index contributed by atoms with van der Waals surface area (Å²) in [7, 11) is -4.30. The largest absolute Gasteiger partial charge is 0.392 e. The highest BCUT2D eigenvalue weighted by molar-refractivity contribution is 7.91. The highest BCUT2D eigenvalue weighted by Gasteiger charge is 2.24. The van der Waals surface area contributed by atoms with Crippen molar-refractivity contribution in [3.8, 4) is 0 Å². The molecule has 0 fully saturated rings. The fourth-order valence-electron chi connectivity index (χ4n) is 2.55. The molecule has 0 atom stereocenters. The molecule has 1 heterocycles. The van der Waals surface area contributed by atoms with Crippen molar-refractivity contribution in [3.05, 3.63) is 81.5 Å². The lowest BCUT2D eigenvalue weighted by Crippen LogP contribution is -2.41. The molecule has 156 valence electrons. The number of thiophene rings is 1. The Morgan fingerprint density at radius 2 is 1.73 bits per heavy atom. The van der Waals surface area contributed by atoms with E-state index >= 15 is 0 Å². The molecule has 0 aliphatic heterocycles. The maximum absolute atomic E-state index is 14.2. The summed E-state index contributed by atoms with van der Waals surface area (Å²) in [5.74, 6) is -3.46. The summed E-state index contributed by atoms with van der Waals surface area (Å²) in [6, 6.07) is 6.77. The van der Waals surface area contributed by atoms with Crippen molar-refractivity contribution in [3.63, 3.8) is 0 Å². The standard InChI is InChI=1S/C19H14F2N2O5S2/c20-13-1-4-17(12(7-13)9-24)30(27,28)14-2-3-16(21)15(8-14)19(26)23-22-18(25)11-5-6-29-10-11/h1-8,10,24H,9H2,(H,22,25)(H,23,26). The number of aliphatic hydroxyl groups is 1. The Hall–Kier alpha value is -3.15. The molecular formula is C19H14F2N2O5S2. The highest BCUT2D eigenvalue weighted by Crippen LogP contribution is 2.26. The second kappa shape index (κ2) is 8.69. The molecule has 3 aromatic rings. The third kappa shape index (κ3) is 4.37. The van der Waals surface area contributed by atoms with Gasteiger partial charge in [0.15, 0.2) is 0 Å². The Balaban J connectivity index is 1.89. The fourth-order valence-corrected chi connectivity index (χ4v) is 4.68. The van der Waals surface area contributed by atoms with Gasteiger partial charge in [-0.15, -0.1) is 0 Å². The van der Waals surface area contributed by atoms with Crippen molar-refractivity contribution in [1.82, 2.24) is 10.9 Å². The maximum Gasteiger partial charge on any atom is 0.272 e. The van der Waals surface area contributed by atoms with Gasteiger partial charge >= 0.3 is 0 Å². The number of nitrogens with one attached hydrogen (secondary N) is 2. The van der Waals surface area contributed by atoms with Gasteiger partial charge in [0.1, 0.15) is 11.6 Å². The molecule has 3 rings (SSSR count). The van der Waals surface area contributed by atoms with E-state index < -0.39 is 50.4 Å². The average molecular weight is 452 g/mol. The second-order valence-corrected chi connectivity index (χ2v) is 8.67. The molecule has 0 unspecified atom stereocenters. The summed E-state index contributed by atoms with van der Waals surface area (Å²) in [4.78, 5) is 23.3. The van der Waals surface area contributed by atoms with E-state index in [-0.39, 0.29) is 16.0 Å². The van der Waals surface area contributed by atoms with Gasteiger partial charge in [0, 0.05) is 5.38 Å². The molecule has 2 amide bonds. The first-order chi connectivity index (χ1) is 14.2. The highest BCUT2D eigenvalue weighted by atomic mass is 32.2. The summed E-state index contributed by atoms with van der Waals surface area (Å²) >= 11 is 1.27. The number of sulfone groups is 1. The van der Waals surface area contributed by atoms with Gasteiger partial charge in [-0.25, -0.2) is 17.2 Å². The van der Waals surface area contributed by atoms with E-state index in [2.05, 4.69) is 5.43 Å². The maximum atomic E-state index is 14.2. The van der Waals surface area contributed by atoms with E-state index in [4.69, 9.17) is 0 Å². The Kier molecular flexibility index (Phi) is 6.25. The predicted molar refractivity (Wildman–Crippen MR) is 103 cm³/mol. The first kappa shape index (κ1) is 21.6. The van der Waals surface area contributed by atoms with Crippen molar-refractivity contribution < 1.29 is 31.9 Å². The number of hydrazine groups is 1. The van der Waals surface area contributed by atoms with Crippen LogP contribution in [-0.4, -0.2) is 25.3 Å². The minimum atomic E-state index is -4.30. The van der Waals surface area contributed by atoms with Crippen LogP contribution in [0.3, 0.4) is 0 Å². The zero-order valence-corrected chi connectivity index (χ0v) is 16.7. The predicted octanol–water partition coefficient (Wildman–Crippen LogP) is 2.43. The van der Waals surface area contributed by atoms with Crippen molar-refractivity contribution in [1.29, 1.82) is 0 Å². The summed E-state index contributed by atoms with van der Waals surface area (Å²) in [6.07, 6.45) is 0. The minimum Gasteiger partial charge on any atom is -0.392 e. The number of halogens is 2. The van der Waals surface area contributed by atoms with Gasteiger partial charge < -0.3 is 5.11 Å². The van der Waals surface area contributed by atoms with Crippen LogP contribution in [0.5, 0.6) is 0 Å². The molecule has 1 aromatic heterocycles. The monoisotopic (exact) mass is 452 g/mol. The van der Waals surface area contributed by atoms with Gasteiger partial charge in [0.05, 0.1) is 27.5 Å². The van der Waals surface area contributed by atoms with E-state index in [9.17, 15) is 31.9 Å². The summed E-state index contributed by atoms with van der Waals surface area (Å²) in [6.45, 7) is -0.741. The number of hydrogen-bond acceptors (Lipinski definition) is 6. The molecule has 2 aromatic carbocycles. The van der Waals surface area contributed by atoms with Gasteiger partial charge in [0.25, 0.3) is 11.8 Å². The van der Waals surface area contributed by atoms with Crippen LogP contribution < -0.4 is 10.9 Å². The van der Waals surface area contributed by atoms with Crippen LogP contribution in [0.1, 0.15) is 26.3 Å². The molecule has 3 N–H and O–H groups in total. The Morgan fingerprint density at radius 1 is 1.00 bits per heavy atom. The van der Waals surface area contributed by atoms with Gasteiger partial charge in [-0.2, -0.15) is 11.3 Å². The molecule has 0 bridgehead atoms. The first-order valence-electron chi connectivity index (χ1n) is 8.31. The van der Waals surface area contributed by atoms with E-state index in [0.29, 0.717) is 0 Å². The second-order valence-electron chi connectivity index (χ2n) is 5.98. The van der Waals surface area contributed by atoms with E-state index in [1.807, 2.05) is 5.43 Å². The van der Waals surface area contributed by atoms with E-state index in [1.54, 1.807) is 5.38 Å². The normalized spacial score (nSPS) is 11.2. The Bertz CT molecular complexity index is 1210. The Labute approximate surface area is 173 Å². The first-order valence-corrected chi connectivity index (χ1v) is 10.7. The summed E-state index contributed by atoms with van der Waals surface area (Å²) in [5, 5.41) is 12.5. The van der Waals surface area contributed by atoms with E-state index in [1.165, 1.54) is 22.8 Å². The third-order valence-corrected chi connectivity index (χ3v) is 6.58. The average Bonchev–Trinajstić information content (AvgIpc) is 3.26. The van der Waals surface area contributed by atoms with Crippen LogP contribution in [0.25, 0.3) is 0 Å². The molecule has 0 aliphatic carbocycles. The lowest BCUT2D eigenvalue weighted by atomic mass is 10.2. The molecule has 30 heavy (non-hydrogen) atoms. The lowest BCUT2D eigenvalue weighted by molar-refractivity contribution is 0.0844. The number of carbonyl (C=O) groups excluding carboxylic acids is 2. The van der Waals surface area contributed by atoms with Crippen molar-refractivity contribution in [2.24, 2.45) is 0 Å². The quantitative estimate of drug-likeness (QED) is 0.407. The van der Waals surface area contributed by atoms with Crippen LogP contribution >= 0.6 is 11.3 Å². The van der Waals surface area contributed by atoms with Crippen molar-refractivity contribution >= 4 is 33.0 Å². The topological polar surface area (TPSA) is 113 Å². The van der Waals surface area contributed by atoms with Crippen molar-refractivity contribution in [2.75, 3.05) is 0 Å². The fraction of sp³-hybridized carbons (Fsp3) is 0.0526. The SMILES string of the molecule is O=C(NNC(=O)c1cc(S(=O)(=O)c2ccc(F)cc2CO)ccc1F)c1ccsc1. The van der Waals surface area contributed by atoms with Gasteiger partial charge in [0.2, 0.25) is 9.84 Å². The molecule has 0 aliphatic rings. The number of hydrogen-bond donors (Lipinski definition) is 3. The summed E-state index contributed by atoms with van der Waals surface area (Å²) < 4.78 is 53.3. The molecule has 0 spiro atoms. The molecule has 7 nitrogen and oxygen atoms in total. The molecule has 0 radical (unpaired) electrons. The molecular weight excluding hydrogens is 438 g/mol. The summed E-state index contributed by atoms with van der Waals surface area (Å²) in [5.41, 5.74) is 3.59. The van der Waals surface area contributed by atoms with Gasteiger partial charge in [-0.3, -0.25) is 20.4 Å². The third-order valence-electron chi connectivity index (χ3n) is 4.05. The number of aliphatic hydroxyl groups excluding tert-OH is 1. The number of carbonyl (C=O) groups is 2. The van der Waals surface area contributed by atoms with E-state index in [0.717, 1.165) is 36.4 Å². The zero-order chi connectivity index (χ0) is 21.9. The van der Waals surface area contributed by atoms with Crippen LogP contribution in [0.4, 0.5) is 8.78 Å². The van der Waals surface area contributed by atoms with Crippen LogP contribution in [0, 0.1) is 11.6 Å². The van der Waals surface area contributed by atoms with Crippen LogP contribution in [0.2, 0.25) is 0 Å². The minimum absolute atomic E-state index is 0.187. The molecule has 0 saturated carbocycles. The zero-order valence-electron chi connectivity index (χ0n) is 15.1.